The van der Waals surface area contributed by atoms with Gasteiger partial charge in [0.15, 0.2) is 0 Å². The lowest BCUT2D eigenvalue weighted by Gasteiger charge is -2.18. The highest BCUT2D eigenvalue weighted by Crippen LogP contribution is 2.34. The molecule has 2 atom stereocenters. The Labute approximate surface area is 95.1 Å². The van der Waals surface area contributed by atoms with E-state index in [4.69, 9.17) is 4.74 Å². The molecule has 0 aromatic rings. The fourth-order valence-electron chi connectivity index (χ4n) is 2.16. The van der Waals surface area contributed by atoms with Gasteiger partial charge in [0.05, 0.1) is 6.04 Å². The number of methoxy groups -OCH3 is 1. The maximum absolute atomic E-state index is 11.9. The second-order valence-electron chi connectivity index (χ2n) is 4.68. The van der Waals surface area contributed by atoms with E-state index >= 15 is 0 Å². The zero-order chi connectivity index (χ0) is 11.7. The summed E-state index contributed by atoms with van der Waals surface area (Å²) in [7, 11) is 3.32. The minimum atomic E-state index is -0.332. The molecule has 5 heteroatoms. The van der Waals surface area contributed by atoms with Crippen LogP contribution >= 0.6 is 0 Å². The molecule has 0 spiro atoms. The lowest BCUT2D eigenvalue weighted by Crippen LogP contribution is -2.44. The molecule has 2 rings (SSSR count). The molecular weight excluding hydrogens is 208 g/mol. The van der Waals surface area contributed by atoms with Crippen LogP contribution in [0.2, 0.25) is 0 Å². The van der Waals surface area contributed by atoms with Gasteiger partial charge in [0.25, 0.3) is 0 Å². The molecule has 90 valence electrons. The van der Waals surface area contributed by atoms with Gasteiger partial charge in [0.2, 0.25) is 11.8 Å². The smallest absolute Gasteiger partial charge is 0.249 e. The molecule has 1 aliphatic carbocycles. The number of hydrogen-bond donors (Lipinski definition) is 1. The number of hydrogen-bond acceptors (Lipinski definition) is 3. The monoisotopic (exact) mass is 226 g/mol. The summed E-state index contributed by atoms with van der Waals surface area (Å²) in [6.45, 7) is 0.603. The topological polar surface area (TPSA) is 58.6 Å². The third kappa shape index (κ3) is 2.35. The van der Waals surface area contributed by atoms with Crippen LogP contribution in [0.15, 0.2) is 0 Å². The molecule has 1 saturated heterocycles. The van der Waals surface area contributed by atoms with Crippen molar-refractivity contribution in [2.75, 3.05) is 20.7 Å². The fourth-order valence-corrected chi connectivity index (χ4v) is 2.16. The van der Waals surface area contributed by atoms with Gasteiger partial charge in [-0.25, -0.2) is 0 Å². The van der Waals surface area contributed by atoms with E-state index in [2.05, 4.69) is 5.32 Å². The highest BCUT2D eigenvalue weighted by atomic mass is 16.5. The van der Waals surface area contributed by atoms with Crippen molar-refractivity contribution in [1.29, 1.82) is 0 Å². The van der Waals surface area contributed by atoms with Gasteiger partial charge in [0, 0.05) is 27.1 Å². The SMILES string of the molecule is COC(C(=O)NC1CC(=O)N(C)C1)C1CC1. The number of rotatable bonds is 4. The first-order valence-corrected chi connectivity index (χ1v) is 5.69. The molecule has 1 heterocycles. The van der Waals surface area contributed by atoms with Crippen molar-refractivity contribution in [3.05, 3.63) is 0 Å². The Kier molecular flexibility index (Phi) is 3.14. The van der Waals surface area contributed by atoms with Crippen LogP contribution in [0.1, 0.15) is 19.3 Å². The summed E-state index contributed by atoms with van der Waals surface area (Å²) in [5, 5.41) is 2.89. The van der Waals surface area contributed by atoms with Crippen molar-refractivity contribution in [3.8, 4) is 0 Å². The van der Waals surface area contributed by atoms with Crippen LogP contribution < -0.4 is 5.32 Å². The normalized spacial score (nSPS) is 27.0. The molecular formula is C11H18N2O3. The van der Waals surface area contributed by atoms with Crippen molar-refractivity contribution in [2.24, 2.45) is 5.92 Å². The molecule has 1 aliphatic heterocycles. The van der Waals surface area contributed by atoms with Gasteiger partial charge in [-0.15, -0.1) is 0 Å². The zero-order valence-electron chi connectivity index (χ0n) is 9.73. The van der Waals surface area contributed by atoms with Gasteiger partial charge in [-0.05, 0) is 18.8 Å². The number of ether oxygens (including phenoxy) is 1. The first-order chi connectivity index (χ1) is 7.61. The minimum absolute atomic E-state index is 0.0543. The summed E-state index contributed by atoms with van der Waals surface area (Å²) in [4.78, 5) is 24.8. The second-order valence-corrected chi connectivity index (χ2v) is 4.68. The summed E-state index contributed by atoms with van der Waals surface area (Å²) in [6.07, 6.45) is 2.20. The predicted octanol–water partition coefficient (Wildman–Crippen LogP) is -0.242. The van der Waals surface area contributed by atoms with Gasteiger partial charge in [-0.2, -0.15) is 0 Å². The van der Waals surface area contributed by atoms with E-state index in [9.17, 15) is 9.59 Å². The number of nitrogens with zero attached hydrogens (tertiary/aromatic N) is 1. The van der Waals surface area contributed by atoms with E-state index < -0.39 is 0 Å². The molecule has 1 N–H and O–H groups in total. The Morgan fingerprint density at radius 1 is 1.56 bits per heavy atom. The van der Waals surface area contributed by atoms with Crippen LogP contribution in [-0.2, 0) is 14.3 Å². The maximum atomic E-state index is 11.9. The maximum Gasteiger partial charge on any atom is 0.249 e. The molecule has 0 aromatic heterocycles. The highest BCUT2D eigenvalue weighted by Gasteiger charge is 2.38. The van der Waals surface area contributed by atoms with Crippen LogP contribution in [0.4, 0.5) is 0 Å². The number of likely N-dealkylation sites (N-methyl/N-ethyl adjacent to an activating group) is 1. The number of carbonyl (C=O) groups excluding carboxylic acids is 2. The van der Waals surface area contributed by atoms with Gasteiger partial charge in [-0.3, -0.25) is 9.59 Å². The first-order valence-electron chi connectivity index (χ1n) is 5.69. The Morgan fingerprint density at radius 2 is 2.25 bits per heavy atom. The summed E-state index contributed by atoms with van der Waals surface area (Å²) in [5.41, 5.74) is 0. The number of likely N-dealkylation sites (tertiary alicyclic amines) is 1. The third-order valence-electron chi connectivity index (χ3n) is 3.25. The van der Waals surface area contributed by atoms with Crippen LogP contribution in [0.5, 0.6) is 0 Å². The molecule has 5 nitrogen and oxygen atoms in total. The first kappa shape index (κ1) is 11.4. The van der Waals surface area contributed by atoms with E-state index in [0.29, 0.717) is 18.9 Å². The molecule has 0 radical (unpaired) electrons. The van der Waals surface area contributed by atoms with Gasteiger partial charge in [-0.1, -0.05) is 0 Å². The van der Waals surface area contributed by atoms with Crippen LogP contribution in [-0.4, -0.2) is 49.6 Å². The number of nitrogens with one attached hydrogen (secondary N) is 1. The molecule has 0 bridgehead atoms. The summed E-state index contributed by atoms with van der Waals surface area (Å²) in [6, 6.07) is -0.0543. The molecule has 2 amide bonds. The summed E-state index contributed by atoms with van der Waals surface area (Å²) in [5.74, 6) is 0.392. The Bertz CT molecular complexity index is 302. The van der Waals surface area contributed by atoms with E-state index in [-0.39, 0.29) is 24.0 Å². The lowest BCUT2D eigenvalue weighted by molar-refractivity contribution is -0.132. The number of amides is 2. The third-order valence-corrected chi connectivity index (χ3v) is 3.25. The second kappa shape index (κ2) is 4.41. The largest absolute Gasteiger partial charge is 0.371 e. The van der Waals surface area contributed by atoms with E-state index in [1.54, 1.807) is 19.1 Å². The zero-order valence-corrected chi connectivity index (χ0v) is 9.73. The Hall–Kier alpha value is -1.10. The van der Waals surface area contributed by atoms with Crippen molar-refractivity contribution >= 4 is 11.8 Å². The Morgan fingerprint density at radius 3 is 2.69 bits per heavy atom. The number of carbonyl (C=O) groups is 2. The standard InChI is InChI=1S/C11H18N2O3/c1-13-6-8(5-9(13)14)12-11(15)10(16-2)7-3-4-7/h7-8,10H,3-6H2,1-2H3,(H,12,15). The molecule has 16 heavy (non-hydrogen) atoms. The molecule has 0 aromatic carbocycles. The van der Waals surface area contributed by atoms with Crippen molar-refractivity contribution in [2.45, 2.75) is 31.4 Å². The van der Waals surface area contributed by atoms with Crippen molar-refractivity contribution in [1.82, 2.24) is 10.2 Å². The lowest BCUT2D eigenvalue weighted by atomic mass is 10.2. The fraction of sp³-hybridized carbons (Fsp3) is 0.818. The van der Waals surface area contributed by atoms with Crippen LogP contribution in [0.3, 0.4) is 0 Å². The minimum Gasteiger partial charge on any atom is -0.371 e. The average Bonchev–Trinajstić information content (AvgIpc) is 2.97. The van der Waals surface area contributed by atoms with Crippen molar-refractivity contribution < 1.29 is 14.3 Å². The van der Waals surface area contributed by atoms with Gasteiger partial charge in [0.1, 0.15) is 6.10 Å². The molecule has 2 fully saturated rings. The van der Waals surface area contributed by atoms with Gasteiger partial charge >= 0.3 is 0 Å². The van der Waals surface area contributed by atoms with Crippen molar-refractivity contribution in [3.63, 3.8) is 0 Å². The van der Waals surface area contributed by atoms with E-state index in [1.165, 1.54) is 0 Å². The van der Waals surface area contributed by atoms with Crippen LogP contribution in [0, 0.1) is 5.92 Å². The van der Waals surface area contributed by atoms with E-state index in [1.807, 2.05) is 0 Å². The summed E-state index contributed by atoms with van der Waals surface area (Å²) < 4.78 is 5.19. The Balaban J connectivity index is 1.84. The molecule has 2 aliphatic rings. The molecule has 2 unspecified atom stereocenters. The van der Waals surface area contributed by atoms with Crippen LogP contribution in [0.25, 0.3) is 0 Å². The summed E-state index contributed by atoms with van der Waals surface area (Å²) >= 11 is 0. The highest BCUT2D eigenvalue weighted by molar-refractivity contribution is 5.84. The quantitative estimate of drug-likeness (QED) is 0.719. The van der Waals surface area contributed by atoms with Gasteiger partial charge < -0.3 is 15.0 Å². The molecule has 1 saturated carbocycles. The van der Waals surface area contributed by atoms with E-state index in [0.717, 1.165) is 12.8 Å². The average molecular weight is 226 g/mol. The predicted molar refractivity (Wildman–Crippen MR) is 57.7 cm³/mol.